The van der Waals surface area contributed by atoms with Gasteiger partial charge in [-0.15, -0.1) is 0 Å². The van der Waals surface area contributed by atoms with Crippen LogP contribution in [0.25, 0.3) is 0 Å². The summed E-state index contributed by atoms with van der Waals surface area (Å²) in [6, 6.07) is 3.97. The lowest BCUT2D eigenvalue weighted by atomic mass is 10.1. The molecule has 0 aromatic heterocycles. The fourth-order valence-corrected chi connectivity index (χ4v) is 3.99. The second-order valence-electron chi connectivity index (χ2n) is 4.82. The Morgan fingerprint density at radius 3 is 2.90 bits per heavy atom. The van der Waals surface area contributed by atoms with E-state index in [0.717, 1.165) is 12.8 Å². The van der Waals surface area contributed by atoms with Gasteiger partial charge in [-0.3, -0.25) is 0 Å². The van der Waals surface area contributed by atoms with Gasteiger partial charge in [0.1, 0.15) is 5.82 Å². The van der Waals surface area contributed by atoms with Crippen molar-refractivity contribution < 1.29 is 17.5 Å². The second-order valence-corrected chi connectivity index (χ2v) is 6.98. The monoisotopic (exact) mass is 321 g/mol. The number of ether oxygens (including phenoxy) is 1. The van der Waals surface area contributed by atoms with Crippen molar-refractivity contribution in [3.8, 4) is 0 Å². The quantitative estimate of drug-likeness (QED) is 0.927. The van der Waals surface area contributed by atoms with Crippen molar-refractivity contribution in [2.24, 2.45) is 0 Å². The first kappa shape index (κ1) is 15.7. The van der Waals surface area contributed by atoms with Crippen molar-refractivity contribution >= 4 is 21.6 Å². The molecule has 1 N–H and O–H groups in total. The van der Waals surface area contributed by atoms with Gasteiger partial charge in [0.05, 0.1) is 5.75 Å². The molecule has 1 fully saturated rings. The lowest BCUT2D eigenvalue weighted by Crippen LogP contribution is -2.36. The fraction of sp³-hybridized carbons (Fsp3) is 0.538. The summed E-state index contributed by atoms with van der Waals surface area (Å²) in [5.74, 6) is -1.05. The topological polar surface area (TPSA) is 55.4 Å². The van der Waals surface area contributed by atoms with E-state index >= 15 is 0 Å². The average molecular weight is 322 g/mol. The number of nitrogens with one attached hydrogen (secondary N) is 1. The van der Waals surface area contributed by atoms with Gasteiger partial charge in [-0.2, -0.15) is 0 Å². The number of rotatable bonds is 4. The van der Waals surface area contributed by atoms with E-state index in [1.165, 1.54) is 18.2 Å². The Morgan fingerprint density at radius 2 is 2.15 bits per heavy atom. The van der Waals surface area contributed by atoms with Crippen molar-refractivity contribution in [3.05, 3.63) is 34.6 Å². The van der Waals surface area contributed by atoms with Crippen molar-refractivity contribution in [3.63, 3.8) is 0 Å². The molecule has 112 valence electrons. The van der Waals surface area contributed by atoms with Crippen LogP contribution < -0.4 is 4.72 Å². The van der Waals surface area contributed by atoms with Crippen molar-refractivity contribution in [1.29, 1.82) is 0 Å². The number of hydrogen-bond donors (Lipinski definition) is 1. The SMILES string of the molecule is O=S(=O)(Cc1c(F)cccc1Cl)NC1CCCOCC1. The van der Waals surface area contributed by atoms with E-state index in [9.17, 15) is 12.8 Å². The lowest BCUT2D eigenvalue weighted by molar-refractivity contribution is 0.143. The van der Waals surface area contributed by atoms with Crippen LogP contribution in [0.2, 0.25) is 5.02 Å². The number of sulfonamides is 1. The predicted molar refractivity (Wildman–Crippen MR) is 75.6 cm³/mol. The molecule has 4 nitrogen and oxygen atoms in total. The molecular weight excluding hydrogens is 305 g/mol. The summed E-state index contributed by atoms with van der Waals surface area (Å²) in [7, 11) is -3.63. The van der Waals surface area contributed by atoms with Crippen LogP contribution in [0.15, 0.2) is 18.2 Å². The molecule has 0 bridgehead atoms. The zero-order valence-corrected chi connectivity index (χ0v) is 12.5. The smallest absolute Gasteiger partial charge is 0.216 e. The molecule has 0 aliphatic carbocycles. The minimum Gasteiger partial charge on any atom is -0.381 e. The summed E-state index contributed by atoms with van der Waals surface area (Å²) in [6.45, 7) is 1.19. The van der Waals surface area contributed by atoms with Crippen LogP contribution in [0, 0.1) is 5.82 Å². The van der Waals surface area contributed by atoms with E-state index in [-0.39, 0.29) is 16.6 Å². The Labute approximate surface area is 123 Å². The zero-order valence-electron chi connectivity index (χ0n) is 10.9. The average Bonchev–Trinajstić information content (AvgIpc) is 2.62. The van der Waals surface area contributed by atoms with Gasteiger partial charge in [0.25, 0.3) is 0 Å². The molecule has 1 atom stereocenters. The minimum absolute atomic E-state index is 0.00605. The van der Waals surface area contributed by atoms with E-state index in [0.29, 0.717) is 19.6 Å². The maximum atomic E-state index is 13.6. The van der Waals surface area contributed by atoms with E-state index < -0.39 is 21.6 Å². The molecule has 1 heterocycles. The van der Waals surface area contributed by atoms with Crippen LogP contribution in [0.5, 0.6) is 0 Å². The molecule has 1 unspecified atom stereocenters. The first-order chi connectivity index (χ1) is 9.48. The molecule has 0 saturated carbocycles. The molecule has 1 aliphatic heterocycles. The standard InChI is InChI=1S/C13H17ClFNO3S/c14-12-4-1-5-13(15)11(12)9-20(17,18)16-10-3-2-7-19-8-6-10/h1,4-5,10,16H,2-3,6-9H2. The third-order valence-corrected chi connectivity index (χ3v) is 4.91. The first-order valence-corrected chi connectivity index (χ1v) is 8.51. The van der Waals surface area contributed by atoms with Crippen molar-refractivity contribution in [2.75, 3.05) is 13.2 Å². The summed E-state index contributed by atoms with van der Waals surface area (Å²) in [5, 5.41) is 0.125. The van der Waals surface area contributed by atoms with E-state index in [4.69, 9.17) is 16.3 Å². The van der Waals surface area contributed by atoms with Gasteiger partial charge in [-0.1, -0.05) is 17.7 Å². The van der Waals surface area contributed by atoms with Gasteiger partial charge in [-0.05, 0) is 31.4 Å². The normalized spacial score (nSPS) is 20.6. The highest BCUT2D eigenvalue weighted by atomic mass is 35.5. The summed E-state index contributed by atoms with van der Waals surface area (Å²) in [5.41, 5.74) is 0.00605. The van der Waals surface area contributed by atoms with Crippen LogP contribution in [0.3, 0.4) is 0 Å². The second kappa shape index (κ2) is 6.85. The predicted octanol–water partition coefficient (Wildman–Crippen LogP) is 2.47. The molecule has 1 aromatic carbocycles. The summed E-state index contributed by atoms with van der Waals surface area (Å²) in [6.07, 6.45) is 2.17. The number of halogens is 2. The highest BCUT2D eigenvalue weighted by Crippen LogP contribution is 2.21. The minimum atomic E-state index is -3.63. The van der Waals surface area contributed by atoms with Crippen molar-refractivity contribution in [1.82, 2.24) is 4.72 Å². The molecule has 2 rings (SSSR count). The van der Waals surface area contributed by atoms with E-state index in [2.05, 4.69) is 4.72 Å². The Bertz CT molecular complexity index is 536. The largest absolute Gasteiger partial charge is 0.381 e. The van der Waals surface area contributed by atoms with Gasteiger partial charge < -0.3 is 4.74 Å². The van der Waals surface area contributed by atoms with Gasteiger partial charge in [0, 0.05) is 29.8 Å². The third-order valence-electron chi connectivity index (χ3n) is 3.19. The van der Waals surface area contributed by atoms with Gasteiger partial charge >= 0.3 is 0 Å². The lowest BCUT2D eigenvalue weighted by Gasteiger charge is -2.16. The molecular formula is C13H17ClFNO3S. The van der Waals surface area contributed by atoms with Gasteiger partial charge in [0.2, 0.25) is 10.0 Å². The van der Waals surface area contributed by atoms with Gasteiger partial charge in [0.15, 0.2) is 0 Å². The van der Waals surface area contributed by atoms with Crippen LogP contribution >= 0.6 is 11.6 Å². The maximum Gasteiger partial charge on any atom is 0.216 e. The van der Waals surface area contributed by atoms with E-state index in [1.54, 1.807) is 0 Å². The van der Waals surface area contributed by atoms with Crippen LogP contribution in [0.1, 0.15) is 24.8 Å². The van der Waals surface area contributed by atoms with E-state index in [1.807, 2.05) is 0 Å². The summed E-state index contributed by atoms with van der Waals surface area (Å²) < 4.78 is 45.7. The first-order valence-electron chi connectivity index (χ1n) is 6.48. The molecule has 0 radical (unpaired) electrons. The Balaban J connectivity index is 2.07. The zero-order chi connectivity index (χ0) is 14.6. The third kappa shape index (κ3) is 4.41. The van der Waals surface area contributed by atoms with Crippen molar-refractivity contribution in [2.45, 2.75) is 31.1 Å². The molecule has 0 amide bonds. The Hall–Kier alpha value is -0.690. The molecule has 7 heteroatoms. The Kier molecular flexibility index (Phi) is 5.37. The fourth-order valence-electron chi connectivity index (χ4n) is 2.18. The molecule has 1 aromatic rings. The highest BCUT2D eigenvalue weighted by molar-refractivity contribution is 7.88. The molecule has 0 spiro atoms. The number of benzene rings is 1. The molecule has 1 aliphatic rings. The summed E-state index contributed by atoms with van der Waals surface area (Å²) in [4.78, 5) is 0. The maximum absolute atomic E-state index is 13.6. The molecule has 1 saturated heterocycles. The number of hydrogen-bond acceptors (Lipinski definition) is 3. The van der Waals surface area contributed by atoms with Crippen LogP contribution in [-0.4, -0.2) is 27.7 Å². The van der Waals surface area contributed by atoms with Crippen LogP contribution in [0.4, 0.5) is 4.39 Å². The Morgan fingerprint density at radius 1 is 1.35 bits per heavy atom. The summed E-state index contributed by atoms with van der Waals surface area (Å²) >= 11 is 5.85. The molecule has 20 heavy (non-hydrogen) atoms. The highest BCUT2D eigenvalue weighted by Gasteiger charge is 2.22. The van der Waals surface area contributed by atoms with Crippen LogP contribution in [-0.2, 0) is 20.5 Å². The van der Waals surface area contributed by atoms with Gasteiger partial charge in [-0.25, -0.2) is 17.5 Å².